The summed E-state index contributed by atoms with van der Waals surface area (Å²) >= 11 is 12.1. The van der Waals surface area contributed by atoms with E-state index >= 15 is 0 Å². The highest BCUT2D eigenvalue weighted by Gasteiger charge is 2.23. The van der Waals surface area contributed by atoms with Crippen LogP contribution in [0.15, 0.2) is 18.2 Å². The summed E-state index contributed by atoms with van der Waals surface area (Å²) in [7, 11) is -2.81. The van der Waals surface area contributed by atoms with Crippen molar-refractivity contribution >= 4 is 33.0 Å². The maximum absolute atomic E-state index is 11.3. The monoisotopic (exact) mass is 307 g/mol. The SMILES string of the molecule is O=S1(=O)CCC(NCc2c(Cl)cccc2Cl)CC1. The lowest BCUT2D eigenvalue weighted by Gasteiger charge is -2.23. The van der Waals surface area contributed by atoms with E-state index < -0.39 is 9.84 Å². The lowest BCUT2D eigenvalue weighted by atomic mass is 10.1. The molecular formula is C12H15Cl2NO2S. The molecule has 100 valence electrons. The highest BCUT2D eigenvalue weighted by molar-refractivity contribution is 7.91. The van der Waals surface area contributed by atoms with Crippen LogP contribution in [0.3, 0.4) is 0 Å². The van der Waals surface area contributed by atoms with Crippen LogP contribution in [0.4, 0.5) is 0 Å². The Hall–Kier alpha value is -0.290. The molecule has 1 aliphatic heterocycles. The van der Waals surface area contributed by atoms with Gasteiger partial charge in [-0.1, -0.05) is 29.3 Å². The van der Waals surface area contributed by atoms with Gasteiger partial charge in [0.2, 0.25) is 0 Å². The Morgan fingerprint density at radius 3 is 2.28 bits per heavy atom. The molecule has 1 aliphatic rings. The van der Waals surface area contributed by atoms with Gasteiger partial charge in [0.25, 0.3) is 0 Å². The topological polar surface area (TPSA) is 46.2 Å². The Labute approximate surface area is 117 Å². The van der Waals surface area contributed by atoms with Crippen molar-refractivity contribution in [3.63, 3.8) is 0 Å². The van der Waals surface area contributed by atoms with E-state index in [0.717, 1.165) is 5.56 Å². The minimum absolute atomic E-state index is 0.223. The van der Waals surface area contributed by atoms with Crippen LogP contribution >= 0.6 is 23.2 Å². The molecule has 1 saturated heterocycles. The van der Waals surface area contributed by atoms with Gasteiger partial charge in [-0.15, -0.1) is 0 Å². The number of nitrogens with one attached hydrogen (secondary N) is 1. The van der Waals surface area contributed by atoms with Crippen molar-refractivity contribution < 1.29 is 8.42 Å². The molecule has 0 bridgehead atoms. The molecule has 6 heteroatoms. The van der Waals surface area contributed by atoms with E-state index in [0.29, 0.717) is 29.4 Å². The van der Waals surface area contributed by atoms with Crippen LogP contribution in [0.2, 0.25) is 10.0 Å². The van der Waals surface area contributed by atoms with Crippen molar-refractivity contribution in [2.24, 2.45) is 0 Å². The summed E-state index contributed by atoms with van der Waals surface area (Å²) in [4.78, 5) is 0. The zero-order chi connectivity index (χ0) is 13.2. The summed E-state index contributed by atoms with van der Waals surface area (Å²) in [5.41, 5.74) is 0.870. The lowest BCUT2D eigenvalue weighted by Crippen LogP contribution is -2.37. The molecule has 0 unspecified atom stereocenters. The van der Waals surface area contributed by atoms with Crippen LogP contribution in [-0.4, -0.2) is 26.0 Å². The largest absolute Gasteiger partial charge is 0.310 e. The molecule has 0 aliphatic carbocycles. The van der Waals surface area contributed by atoms with Gasteiger partial charge >= 0.3 is 0 Å². The van der Waals surface area contributed by atoms with E-state index in [2.05, 4.69) is 5.32 Å². The molecule has 1 aromatic rings. The van der Waals surface area contributed by atoms with Gasteiger partial charge in [-0.3, -0.25) is 0 Å². The number of sulfone groups is 1. The molecule has 0 aromatic heterocycles. The fraction of sp³-hybridized carbons (Fsp3) is 0.500. The summed E-state index contributed by atoms with van der Waals surface area (Å²) in [6, 6.07) is 5.63. The van der Waals surface area contributed by atoms with Gasteiger partial charge in [-0.05, 0) is 25.0 Å². The summed E-state index contributed by atoms with van der Waals surface area (Å²) in [6.45, 7) is 0.573. The van der Waals surface area contributed by atoms with Crippen molar-refractivity contribution in [1.29, 1.82) is 0 Å². The quantitative estimate of drug-likeness (QED) is 0.934. The first-order valence-corrected chi connectivity index (χ1v) is 8.42. The Bertz CT molecular complexity index is 497. The van der Waals surface area contributed by atoms with Crippen LogP contribution in [-0.2, 0) is 16.4 Å². The predicted octanol–water partition coefficient (Wildman–Crippen LogP) is 2.66. The van der Waals surface area contributed by atoms with Gasteiger partial charge < -0.3 is 5.32 Å². The lowest BCUT2D eigenvalue weighted by molar-refractivity contribution is 0.463. The Balaban J connectivity index is 1.93. The number of hydrogen-bond acceptors (Lipinski definition) is 3. The molecule has 0 atom stereocenters. The van der Waals surface area contributed by atoms with Gasteiger partial charge in [-0.25, -0.2) is 8.42 Å². The molecule has 0 spiro atoms. The molecule has 1 N–H and O–H groups in total. The second-order valence-electron chi connectivity index (χ2n) is 4.51. The molecule has 0 saturated carbocycles. The third kappa shape index (κ3) is 3.60. The maximum Gasteiger partial charge on any atom is 0.150 e. The minimum Gasteiger partial charge on any atom is -0.310 e. The average Bonchev–Trinajstić information content (AvgIpc) is 2.30. The molecule has 0 amide bonds. The maximum atomic E-state index is 11.3. The van der Waals surface area contributed by atoms with Crippen molar-refractivity contribution in [2.75, 3.05) is 11.5 Å². The molecule has 1 heterocycles. The number of rotatable bonds is 3. The summed E-state index contributed by atoms with van der Waals surface area (Å²) in [5.74, 6) is 0.530. The normalized spacial score (nSPS) is 19.9. The van der Waals surface area contributed by atoms with Gasteiger partial charge in [0, 0.05) is 28.2 Å². The standard InChI is InChI=1S/C12H15Cl2NO2S/c13-11-2-1-3-12(14)10(11)8-15-9-4-6-18(16,17)7-5-9/h1-3,9,15H,4-8H2. The van der Waals surface area contributed by atoms with E-state index in [-0.39, 0.29) is 17.5 Å². The number of hydrogen-bond donors (Lipinski definition) is 1. The third-order valence-corrected chi connectivity index (χ3v) is 5.61. The van der Waals surface area contributed by atoms with Crippen molar-refractivity contribution in [3.8, 4) is 0 Å². The van der Waals surface area contributed by atoms with E-state index in [1.54, 1.807) is 18.2 Å². The molecule has 1 aromatic carbocycles. The van der Waals surface area contributed by atoms with E-state index in [9.17, 15) is 8.42 Å². The smallest absolute Gasteiger partial charge is 0.150 e. The van der Waals surface area contributed by atoms with E-state index in [1.165, 1.54) is 0 Å². The second kappa shape index (κ2) is 5.78. The number of halogens is 2. The zero-order valence-corrected chi connectivity index (χ0v) is 12.2. The van der Waals surface area contributed by atoms with Gasteiger partial charge in [-0.2, -0.15) is 0 Å². The molecular weight excluding hydrogens is 293 g/mol. The molecule has 3 nitrogen and oxygen atoms in total. The van der Waals surface area contributed by atoms with Crippen LogP contribution in [0.1, 0.15) is 18.4 Å². The highest BCUT2D eigenvalue weighted by atomic mass is 35.5. The van der Waals surface area contributed by atoms with Gasteiger partial charge in [0.05, 0.1) is 11.5 Å². The molecule has 2 rings (SSSR count). The highest BCUT2D eigenvalue weighted by Crippen LogP contribution is 2.24. The van der Waals surface area contributed by atoms with E-state index in [1.807, 2.05) is 0 Å². The molecule has 1 fully saturated rings. The Morgan fingerprint density at radius 2 is 1.72 bits per heavy atom. The van der Waals surface area contributed by atoms with E-state index in [4.69, 9.17) is 23.2 Å². The fourth-order valence-corrected chi connectivity index (χ4v) is 4.06. The molecule has 0 radical (unpaired) electrons. The van der Waals surface area contributed by atoms with Crippen molar-refractivity contribution in [2.45, 2.75) is 25.4 Å². The number of benzene rings is 1. The summed E-state index contributed by atoms with van der Waals surface area (Å²) < 4.78 is 22.6. The second-order valence-corrected chi connectivity index (χ2v) is 7.63. The summed E-state index contributed by atoms with van der Waals surface area (Å²) in [5, 5.41) is 4.60. The van der Waals surface area contributed by atoms with Gasteiger partial charge in [0.15, 0.2) is 0 Å². The Kier molecular flexibility index (Phi) is 4.54. The first kappa shape index (κ1) is 14.1. The van der Waals surface area contributed by atoms with Crippen LogP contribution < -0.4 is 5.32 Å². The first-order valence-electron chi connectivity index (χ1n) is 5.84. The van der Waals surface area contributed by atoms with Crippen LogP contribution in [0.25, 0.3) is 0 Å². The van der Waals surface area contributed by atoms with Crippen LogP contribution in [0, 0.1) is 0 Å². The minimum atomic E-state index is -2.81. The van der Waals surface area contributed by atoms with Crippen molar-refractivity contribution in [1.82, 2.24) is 5.32 Å². The van der Waals surface area contributed by atoms with Gasteiger partial charge in [0.1, 0.15) is 9.84 Å². The summed E-state index contributed by atoms with van der Waals surface area (Å²) in [6.07, 6.45) is 1.31. The molecule has 18 heavy (non-hydrogen) atoms. The Morgan fingerprint density at radius 1 is 1.17 bits per heavy atom. The van der Waals surface area contributed by atoms with Crippen LogP contribution in [0.5, 0.6) is 0 Å². The van der Waals surface area contributed by atoms with Crippen molar-refractivity contribution in [3.05, 3.63) is 33.8 Å². The first-order chi connectivity index (χ1) is 8.48. The average molecular weight is 308 g/mol. The third-order valence-electron chi connectivity index (χ3n) is 3.18. The zero-order valence-electron chi connectivity index (χ0n) is 9.83. The fourth-order valence-electron chi connectivity index (χ4n) is 2.04. The predicted molar refractivity (Wildman–Crippen MR) is 75.0 cm³/mol.